The molecule has 7 heteroatoms. The van der Waals surface area contributed by atoms with Crippen LogP contribution in [0.3, 0.4) is 0 Å². The highest BCUT2D eigenvalue weighted by atomic mass is 19.1. The van der Waals surface area contributed by atoms with Crippen LogP contribution in [0.25, 0.3) is 0 Å². The highest BCUT2D eigenvalue weighted by Crippen LogP contribution is 2.25. The molecule has 2 unspecified atom stereocenters. The van der Waals surface area contributed by atoms with Crippen molar-refractivity contribution in [1.82, 2.24) is 10.2 Å². The Hall–Kier alpha value is -2.70. The van der Waals surface area contributed by atoms with E-state index in [1.165, 1.54) is 17.0 Å². The predicted octanol–water partition coefficient (Wildman–Crippen LogP) is 1.47. The van der Waals surface area contributed by atoms with Crippen LogP contribution in [0.4, 0.5) is 10.1 Å². The van der Waals surface area contributed by atoms with Gasteiger partial charge in [-0.25, -0.2) is 4.39 Å². The maximum absolute atomic E-state index is 13.9. The van der Waals surface area contributed by atoms with E-state index in [-0.39, 0.29) is 48.3 Å². The zero-order valence-corrected chi connectivity index (χ0v) is 14.5. The van der Waals surface area contributed by atoms with Gasteiger partial charge in [-0.05, 0) is 31.1 Å². The lowest BCUT2D eigenvalue weighted by atomic mass is 9.96. The fourth-order valence-electron chi connectivity index (χ4n) is 3.55. The second-order valence-corrected chi connectivity index (χ2v) is 6.69. The number of likely N-dealkylation sites (tertiary alicyclic amines) is 1. The maximum Gasteiger partial charge on any atom is 0.245 e. The molecule has 3 amide bonds. The van der Waals surface area contributed by atoms with Crippen LogP contribution in [0, 0.1) is 11.7 Å². The third-order valence-corrected chi connectivity index (χ3v) is 4.89. The number of carbonyl (C=O) groups excluding carboxylic acids is 3. The molecule has 0 radical (unpaired) electrons. The smallest absolute Gasteiger partial charge is 0.245 e. The molecule has 26 heavy (non-hydrogen) atoms. The van der Waals surface area contributed by atoms with Gasteiger partial charge < -0.3 is 15.1 Å². The van der Waals surface area contributed by atoms with E-state index in [4.69, 9.17) is 0 Å². The molecule has 6 nitrogen and oxygen atoms in total. The van der Waals surface area contributed by atoms with E-state index in [1.807, 2.05) is 0 Å². The molecule has 0 saturated carbocycles. The number of rotatable bonds is 4. The van der Waals surface area contributed by atoms with Gasteiger partial charge in [-0.1, -0.05) is 18.7 Å². The number of nitrogens with one attached hydrogen (secondary N) is 1. The van der Waals surface area contributed by atoms with Gasteiger partial charge in [0.05, 0.1) is 17.6 Å². The van der Waals surface area contributed by atoms with Crippen molar-refractivity contribution in [3.8, 4) is 0 Å². The molecule has 2 aliphatic rings. The highest BCUT2D eigenvalue weighted by Gasteiger charge is 2.35. The molecule has 2 saturated heterocycles. The molecule has 3 rings (SSSR count). The van der Waals surface area contributed by atoms with Crippen molar-refractivity contribution < 1.29 is 18.8 Å². The Bertz CT molecular complexity index is 736. The lowest BCUT2D eigenvalue weighted by molar-refractivity contribution is -0.132. The molecular formula is C19H22FN3O3. The van der Waals surface area contributed by atoms with Gasteiger partial charge in [0, 0.05) is 26.1 Å². The molecule has 0 aromatic heterocycles. The fourth-order valence-corrected chi connectivity index (χ4v) is 3.55. The second-order valence-electron chi connectivity index (χ2n) is 6.69. The van der Waals surface area contributed by atoms with Crippen LogP contribution < -0.4 is 10.2 Å². The van der Waals surface area contributed by atoms with Crippen molar-refractivity contribution in [2.24, 2.45) is 5.92 Å². The first-order valence-electron chi connectivity index (χ1n) is 8.76. The summed E-state index contributed by atoms with van der Waals surface area (Å²) in [6.45, 7) is 4.70. The van der Waals surface area contributed by atoms with Crippen LogP contribution in [-0.4, -0.2) is 48.3 Å². The van der Waals surface area contributed by atoms with Crippen molar-refractivity contribution in [2.45, 2.75) is 25.3 Å². The Kier molecular flexibility index (Phi) is 5.35. The summed E-state index contributed by atoms with van der Waals surface area (Å²) in [7, 11) is 0. The highest BCUT2D eigenvalue weighted by molar-refractivity contribution is 5.97. The van der Waals surface area contributed by atoms with Crippen LogP contribution in [0.2, 0.25) is 0 Å². The number of benzene rings is 1. The molecule has 2 atom stereocenters. The number of piperidine rings is 1. The number of hydrogen-bond donors (Lipinski definition) is 1. The summed E-state index contributed by atoms with van der Waals surface area (Å²) in [6, 6.07) is 5.74. The Labute approximate surface area is 151 Å². The zero-order chi connectivity index (χ0) is 18.7. The summed E-state index contributed by atoms with van der Waals surface area (Å²) in [6.07, 6.45) is 2.84. The lowest BCUT2D eigenvalue weighted by Gasteiger charge is -2.31. The molecule has 2 heterocycles. The van der Waals surface area contributed by atoms with E-state index >= 15 is 0 Å². The summed E-state index contributed by atoms with van der Waals surface area (Å²) >= 11 is 0. The summed E-state index contributed by atoms with van der Waals surface area (Å²) in [5.74, 6) is -1.32. The minimum atomic E-state index is -0.460. The monoisotopic (exact) mass is 359 g/mol. The number of para-hydroxylation sites is 1. The topological polar surface area (TPSA) is 69.7 Å². The number of carbonyl (C=O) groups is 3. The van der Waals surface area contributed by atoms with Crippen LogP contribution in [-0.2, 0) is 14.4 Å². The second kappa shape index (κ2) is 7.68. The fraction of sp³-hybridized carbons (Fsp3) is 0.421. The summed E-state index contributed by atoms with van der Waals surface area (Å²) in [5, 5.41) is 2.89. The van der Waals surface area contributed by atoms with E-state index < -0.39 is 5.82 Å². The average Bonchev–Trinajstić information content (AvgIpc) is 3.01. The van der Waals surface area contributed by atoms with Crippen LogP contribution in [0.15, 0.2) is 36.9 Å². The van der Waals surface area contributed by atoms with E-state index in [1.54, 1.807) is 23.1 Å². The third-order valence-electron chi connectivity index (χ3n) is 4.89. The molecular weight excluding hydrogens is 337 g/mol. The maximum atomic E-state index is 13.9. The van der Waals surface area contributed by atoms with Crippen molar-refractivity contribution in [3.05, 3.63) is 42.7 Å². The van der Waals surface area contributed by atoms with Crippen LogP contribution in [0.1, 0.15) is 19.3 Å². The average molecular weight is 359 g/mol. The first kappa shape index (κ1) is 18.1. The summed E-state index contributed by atoms with van der Waals surface area (Å²) < 4.78 is 13.9. The molecule has 0 bridgehead atoms. The number of halogens is 1. The number of nitrogens with zero attached hydrogens (tertiary/aromatic N) is 2. The van der Waals surface area contributed by atoms with Crippen molar-refractivity contribution >= 4 is 23.4 Å². The quantitative estimate of drug-likeness (QED) is 0.828. The normalized spacial score (nSPS) is 23.0. The molecule has 0 spiro atoms. The molecule has 1 N–H and O–H groups in total. The van der Waals surface area contributed by atoms with Gasteiger partial charge in [0.1, 0.15) is 5.82 Å². The Balaban J connectivity index is 1.60. The van der Waals surface area contributed by atoms with Gasteiger partial charge in [-0.3, -0.25) is 14.4 Å². The van der Waals surface area contributed by atoms with E-state index in [0.29, 0.717) is 19.5 Å². The van der Waals surface area contributed by atoms with Crippen LogP contribution >= 0.6 is 0 Å². The van der Waals surface area contributed by atoms with Crippen molar-refractivity contribution in [1.29, 1.82) is 0 Å². The van der Waals surface area contributed by atoms with E-state index in [0.717, 1.165) is 6.42 Å². The SMILES string of the molecule is C=CC(=O)N1CCCC(C(=O)NC2CC(=O)N(c3ccccc3F)C2)C1. The summed E-state index contributed by atoms with van der Waals surface area (Å²) in [5.41, 5.74) is 0.231. The molecule has 1 aromatic rings. The molecule has 1 aromatic carbocycles. The predicted molar refractivity (Wildman–Crippen MR) is 94.8 cm³/mol. The number of anilines is 1. The van der Waals surface area contributed by atoms with Gasteiger partial charge in [-0.15, -0.1) is 0 Å². The molecule has 2 aliphatic heterocycles. The van der Waals surface area contributed by atoms with Gasteiger partial charge >= 0.3 is 0 Å². The van der Waals surface area contributed by atoms with E-state index in [9.17, 15) is 18.8 Å². The third kappa shape index (κ3) is 3.76. The molecule has 2 fully saturated rings. The van der Waals surface area contributed by atoms with Gasteiger partial charge in [0.15, 0.2) is 0 Å². The van der Waals surface area contributed by atoms with Gasteiger partial charge in [-0.2, -0.15) is 0 Å². The molecule has 0 aliphatic carbocycles. The Morgan fingerprint density at radius 2 is 2.04 bits per heavy atom. The first-order chi connectivity index (χ1) is 12.5. The van der Waals surface area contributed by atoms with Crippen LogP contribution in [0.5, 0.6) is 0 Å². The van der Waals surface area contributed by atoms with Gasteiger partial charge in [0.2, 0.25) is 17.7 Å². The minimum Gasteiger partial charge on any atom is -0.351 e. The molecule has 138 valence electrons. The van der Waals surface area contributed by atoms with Crippen molar-refractivity contribution in [2.75, 3.05) is 24.5 Å². The van der Waals surface area contributed by atoms with E-state index in [2.05, 4.69) is 11.9 Å². The minimum absolute atomic E-state index is 0.141. The first-order valence-corrected chi connectivity index (χ1v) is 8.76. The van der Waals surface area contributed by atoms with Gasteiger partial charge in [0.25, 0.3) is 0 Å². The Morgan fingerprint density at radius 3 is 2.77 bits per heavy atom. The largest absolute Gasteiger partial charge is 0.351 e. The Morgan fingerprint density at radius 1 is 1.27 bits per heavy atom. The van der Waals surface area contributed by atoms with Crippen molar-refractivity contribution in [3.63, 3.8) is 0 Å². The standard InChI is InChI=1S/C19H22FN3O3/c1-2-17(24)22-9-5-6-13(11-22)19(26)21-14-10-18(25)23(12-14)16-8-4-3-7-15(16)20/h2-4,7-8,13-14H,1,5-6,9-12H2,(H,21,26). The zero-order valence-electron chi connectivity index (χ0n) is 14.5. The summed E-state index contributed by atoms with van der Waals surface area (Å²) in [4.78, 5) is 39.5. The lowest BCUT2D eigenvalue weighted by Crippen LogP contribution is -2.47. The number of amides is 3. The number of hydrogen-bond acceptors (Lipinski definition) is 3.